The summed E-state index contributed by atoms with van der Waals surface area (Å²) in [5, 5.41) is 11.7. The van der Waals surface area contributed by atoms with E-state index in [9.17, 15) is 23.2 Å². The molecule has 2 aromatic rings. The summed E-state index contributed by atoms with van der Waals surface area (Å²) in [6, 6.07) is 13.6. The number of halogens is 3. The number of hydrogen-bond donors (Lipinski definition) is 1. The highest BCUT2D eigenvalue weighted by atomic mass is 19.4. The van der Waals surface area contributed by atoms with Crippen LogP contribution in [0.3, 0.4) is 0 Å². The minimum atomic E-state index is -4.52. The van der Waals surface area contributed by atoms with E-state index < -0.39 is 17.6 Å². The Morgan fingerprint density at radius 1 is 1.22 bits per heavy atom. The Balaban J connectivity index is 2.25. The van der Waals surface area contributed by atoms with Crippen molar-refractivity contribution in [3.05, 3.63) is 71.4 Å². The molecular weight excluding hydrogens is 355 g/mol. The van der Waals surface area contributed by atoms with Crippen molar-refractivity contribution in [2.75, 3.05) is 16.8 Å². The molecule has 27 heavy (non-hydrogen) atoms. The zero-order chi connectivity index (χ0) is 20.0. The Hall–Kier alpha value is -3.27. The SMILES string of the molecule is CCN(/C=C(/C#N)C(=O)Nc1cccc(C(F)(F)F)c1)c1cccc(C)c1. The Morgan fingerprint density at radius 2 is 1.93 bits per heavy atom. The highest BCUT2D eigenvalue weighted by molar-refractivity contribution is 6.06. The smallest absolute Gasteiger partial charge is 0.347 e. The maximum Gasteiger partial charge on any atom is 0.416 e. The van der Waals surface area contributed by atoms with E-state index in [2.05, 4.69) is 5.32 Å². The van der Waals surface area contributed by atoms with Crippen LogP contribution >= 0.6 is 0 Å². The molecule has 7 heteroatoms. The minimum Gasteiger partial charge on any atom is -0.347 e. The van der Waals surface area contributed by atoms with Gasteiger partial charge in [-0.1, -0.05) is 18.2 Å². The number of alkyl halides is 3. The standard InChI is InChI=1S/C20H18F3N3O/c1-3-26(18-9-4-6-14(2)10-18)13-15(12-24)19(27)25-17-8-5-7-16(11-17)20(21,22)23/h4-11,13H,3H2,1-2H3,(H,25,27)/b15-13-. The second kappa shape index (κ2) is 8.41. The quantitative estimate of drug-likeness (QED) is 0.600. The molecule has 0 saturated heterocycles. The average molecular weight is 373 g/mol. The largest absolute Gasteiger partial charge is 0.416 e. The predicted octanol–water partition coefficient (Wildman–Crippen LogP) is 4.89. The molecule has 2 rings (SSSR count). The second-order valence-electron chi connectivity index (χ2n) is 5.81. The van der Waals surface area contributed by atoms with Crippen molar-refractivity contribution in [2.45, 2.75) is 20.0 Å². The van der Waals surface area contributed by atoms with Crippen LogP contribution in [-0.2, 0) is 11.0 Å². The van der Waals surface area contributed by atoms with Gasteiger partial charge in [0.15, 0.2) is 0 Å². The van der Waals surface area contributed by atoms with Gasteiger partial charge in [-0.15, -0.1) is 0 Å². The molecule has 1 N–H and O–H groups in total. The minimum absolute atomic E-state index is 0.0328. The van der Waals surface area contributed by atoms with Gasteiger partial charge in [0.2, 0.25) is 0 Å². The van der Waals surface area contributed by atoms with E-state index in [1.54, 1.807) is 11.0 Å². The molecule has 140 valence electrons. The maximum atomic E-state index is 12.8. The van der Waals surface area contributed by atoms with Gasteiger partial charge in [-0.2, -0.15) is 18.4 Å². The Kier molecular flexibility index (Phi) is 6.24. The summed E-state index contributed by atoms with van der Waals surface area (Å²) >= 11 is 0. The molecule has 0 aliphatic carbocycles. The van der Waals surface area contributed by atoms with Crippen molar-refractivity contribution in [3.63, 3.8) is 0 Å². The fourth-order valence-electron chi connectivity index (χ4n) is 2.42. The summed E-state index contributed by atoms with van der Waals surface area (Å²) in [5.74, 6) is -0.775. The number of amides is 1. The number of nitrogens with one attached hydrogen (secondary N) is 1. The van der Waals surface area contributed by atoms with Gasteiger partial charge in [0, 0.05) is 24.1 Å². The molecule has 0 radical (unpaired) electrons. The van der Waals surface area contributed by atoms with Crippen LogP contribution in [0.25, 0.3) is 0 Å². The van der Waals surface area contributed by atoms with E-state index in [0.717, 1.165) is 23.4 Å². The topological polar surface area (TPSA) is 56.1 Å². The van der Waals surface area contributed by atoms with Crippen LogP contribution < -0.4 is 10.2 Å². The summed E-state index contributed by atoms with van der Waals surface area (Å²) < 4.78 is 38.4. The highest BCUT2D eigenvalue weighted by Gasteiger charge is 2.30. The van der Waals surface area contributed by atoms with Gasteiger partial charge < -0.3 is 10.2 Å². The fraction of sp³-hybridized carbons (Fsp3) is 0.200. The zero-order valence-corrected chi connectivity index (χ0v) is 14.8. The normalized spacial score (nSPS) is 11.6. The summed E-state index contributed by atoms with van der Waals surface area (Å²) in [6.45, 7) is 4.29. The molecule has 0 bridgehead atoms. The van der Waals surface area contributed by atoms with Gasteiger partial charge in [-0.05, 0) is 49.7 Å². The molecule has 0 saturated carbocycles. The lowest BCUT2D eigenvalue weighted by Gasteiger charge is -2.19. The number of carbonyl (C=O) groups excluding carboxylic acids is 1. The first-order valence-corrected chi connectivity index (χ1v) is 8.18. The lowest BCUT2D eigenvalue weighted by Crippen LogP contribution is -2.21. The number of hydrogen-bond acceptors (Lipinski definition) is 3. The lowest BCUT2D eigenvalue weighted by molar-refractivity contribution is -0.137. The van der Waals surface area contributed by atoms with Crippen molar-refractivity contribution in [1.29, 1.82) is 5.26 Å². The molecule has 0 aliphatic heterocycles. The molecule has 2 aromatic carbocycles. The van der Waals surface area contributed by atoms with Crippen LogP contribution in [0.5, 0.6) is 0 Å². The lowest BCUT2D eigenvalue weighted by atomic mass is 10.2. The number of aryl methyl sites for hydroxylation is 1. The Labute approximate surface area is 155 Å². The summed E-state index contributed by atoms with van der Waals surface area (Å²) in [7, 11) is 0. The first-order valence-electron chi connectivity index (χ1n) is 8.18. The molecule has 0 unspecified atom stereocenters. The van der Waals surface area contributed by atoms with Gasteiger partial charge in [0.1, 0.15) is 11.6 Å². The first-order chi connectivity index (χ1) is 12.7. The number of benzene rings is 2. The van der Waals surface area contributed by atoms with E-state index in [4.69, 9.17) is 0 Å². The number of anilines is 2. The third-order valence-corrected chi connectivity index (χ3v) is 3.77. The van der Waals surface area contributed by atoms with E-state index in [1.165, 1.54) is 18.3 Å². The van der Waals surface area contributed by atoms with E-state index in [0.29, 0.717) is 6.54 Å². The summed E-state index contributed by atoms with van der Waals surface area (Å²) in [5.41, 5.74) is 0.700. The average Bonchev–Trinajstić information content (AvgIpc) is 2.62. The Morgan fingerprint density at radius 3 is 2.52 bits per heavy atom. The number of nitrogens with zero attached hydrogens (tertiary/aromatic N) is 2. The third-order valence-electron chi connectivity index (χ3n) is 3.77. The predicted molar refractivity (Wildman–Crippen MR) is 98.0 cm³/mol. The molecule has 0 spiro atoms. The van der Waals surface area contributed by atoms with Gasteiger partial charge in [0.25, 0.3) is 5.91 Å². The Bertz CT molecular complexity index is 898. The molecular formula is C20H18F3N3O. The molecule has 0 heterocycles. The van der Waals surface area contributed by atoms with E-state index >= 15 is 0 Å². The summed E-state index contributed by atoms with van der Waals surface area (Å²) in [6.07, 6.45) is -3.13. The van der Waals surface area contributed by atoms with Crippen LogP contribution in [0.4, 0.5) is 24.5 Å². The molecule has 0 atom stereocenters. The van der Waals surface area contributed by atoms with Gasteiger partial charge >= 0.3 is 6.18 Å². The monoisotopic (exact) mass is 373 g/mol. The van der Waals surface area contributed by atoms with Crippen LogP contribution in [0, 0.1) is 18.3 Å². The fourth-order valence-corrected chi connectivity index (χ4v) is 2.42. The van der Waals surface area contributed by atoms with Crippen LogP contribution in [-0.4, -0.2) is 12.5 Å². The van der Waals surface area contributed by atoms with Crippen molar-refractivity contribution >= 4 is 17.3 Å². The molecule has 0 aliphatic rings. The zero-order valence-electron chi connectivity index (χ0n) is 14.8. The number of nitriles is 1. The van der Waals surface area contributed by atoms with Crippen LogP contribution in [0.1, 0.15) is 18.1 Å². The first kappa shape index (κ1) is 20.0. The molecule has 4 nitrogen and oxygen atoms in total. The molecule has 0 aromatic heterocycles. The maximum absolute atomic E-state index is 12.8. The number of rotatable bonds is 5. The van der Waals surface area contributed by atoms with E-state index in [1.807, 2.05) is 38.1 Å². The second-order valence-corrected chi connectivity index (χ2v) is 5.81. The highest BCUT2D eigenvalue weighted by Crippen LogP contribution is 2.30. The molecule has 1 amide bonds. The van der Waals surface area contributed by atoms with Gasteiger partial charge in [-0.3, -0.25) is 4.79 Å². The van der Waals surface area contributed by atoms with Crippen molar-refractivity contribution < 1.29 is 18.0 Å². The van der Waals surface area contributed by atoms with Crippen LogP contribution in [0.15, 0.2) is 60.3 Å². The third kappa shape index (κ3) is 5.35. The van der Waals surface area contributed by atoms with Crippen molar-refractivity contribution in [3.8, 4) is 6.07 Å². The van der Waals surface area contributed by atoms with Crippen molar-refractivity contribution in [2.24, 2.45) is 0 Å². The van der Waals surface area contributed by atoms with Crippen LogP contribution in [0.2, 0.25) is 0 Å². The van der Waals surface area contributed by atoms with Crippen molar-refractivity contribution in [1.82, 2.24) is 0 Å². The van der Waals surface area contributed by atoms with Gasteiger partial charge in [0.05, 0.1) is 5.56 Å². The van der Waals surface area contributed by atoms with E-state index in [-0.39, 0.29) is 11.3 Å². The number of carbonyl (C=O) groups is 1. The summed E-state index contributed by atoms with van der Waals surface area (Å²) in [4.78, 5) is 14.1. The van der Waals surface area contributed by atoms with Gasteiger partial charge in [-0.25, -0.2) is 0 Å². The molecule has 0 fully saturated rings.